The van der Waals surface area contributed by atoms with Crippen molar-refractivity contribution in [2.24, 2.45) is 0 Å². The number of halogens is 1. The number of rotatable bonds is 2. The quantitative estimate of drug-likeness (QED) is 0.804. The fraction of sp³-hybridized carbons (Fsp3) is 0.471. The lowest BCUT2D eigenvalue weighted by Crippen LogP contribution is -2.40. The van der Waals surface area contributed by atoms with E-state index in [1.165, 1.54) is 16.6 Å². The van der Waals surface area contributed by atoms with Gasteiger partial charge in [-0.2, -0.15) is 0 Å². The predicted octanol–water partition coefficient (Wildman–Crippen LogP) is 2.79. The van der Waals surface area contributed by atoms with E-state index in [-0.39, 0.29) is 17.6 Å². The molecule has 1 fully saturated rings. The van der Waals surface area contributed by atoms with Crippen LogP contribution in [0.2, 0.25) is 5.02 Å². The van der Waals surface area contributed by atoms with Crippen LogP contribution >= 0.6 is 22.9 Å². The van der Waals surface area contributed by atoms with Gasteiger partial charge in [0.2, 0.25) is 5.95 Å². The van der Waals surface area contributed by atoms with E-state index in [2.05, 4.69) is 28.3 Å². The lowest BCUT2D eigenvalue weighted by atomic mass is 10.0. The first-order valence-electron chi connectivity index (χ1n) is 8.37. The second-order valence-electron chi connectivity index (χ2n) is 6.20. The number of thiophene rings is 1. The average molecular weight is 379 g/mol. The Balaban J connectivity index is 1.61. The minimum Gasteiger partial charge on any atom is -0.378 e. The summed E-state index contributed by atoms with van der Waals surface area (Å²) in [6.07, 6.45) is 2.39. The number of nitrogens with zero attached hydrogens (tertiary/aromatic N) is 4. The molecule has 0 spiro atoms. The Bertz CT molecular complexity index is 791. The van der Waals surface area contributed by atoms with Gasteiger partial charge in [0, 0.05) is 24.5 Å². The molecule has 2 aliphatic rings. The highest BCUT2D eigenvalue weighted by Gasteiger charge is 2.31. The molecule has 1 amide bonds. The number of fused-ring (bicyclic) bond motifs is 1. The zero-order chi connectivity index (χ0) is 17.4. The minimum atomic E-state index is -0.131. The van der Waals surface area contributed by atoms with Crippen molar-refractivity contribution in [2.75, 3.05) is 37.7 Å². The third-order valence-corrected chi connectivity index (χ3v) is 6.14. The fourth-order valence-electron chi connectivity index (χ4n) is 3.33. The van der Waals surface area contributed by atoms with E-state index >= 15 is 0 Å². The lowest BCUT2D eigenvalue weighted by molar-refractivity contribution is 0.0675. The molecule has 2 aromatic rings. The zero-order valence-corrected chi connectivity index (χ0v) is 15.5. The average Bonchev–Trinajstić information content (AvgIpc) is 3.12. The molecule has 8 heteroatoms. The Hall–Kier alpha value is -1.70. The van der Waals surface area contributed by atoms with Crippen LogP contribution in [0, 0.1) is 0 Å². The van der Waals surface area contributed by atoms with Gasteiger partial charge in [0.25, 0.3) is 5.91 Å². The van der Waals surface area contributed by atoms with Crippen molar-refractivity contribution in [2.45, 2.75) is 19.4 Å². The van der Waals surface area contributed by atoms with Crippen molar-refractivity contribution < 1.29 is 9.53 Å². The molecule has 1 unspecified atom stereocenters. The molecular weight excluding hydrogens is 360 g/mol. The van der Waals surface area contributed by atoms with Crippen molar-refractivity contribution >= 4 is 34.8 Å². The second kappa shape index (κ2) is 6.90. The second-order valence-corrected chi connectivity index (χ2v) is 7.56. The van der Waals surface area contributed by atoms with Gasteiger partial charge in [0.1, 0.15) is 0 Å². The smallest absolute Gasteiger partial charge is 0.274 e. The Morgan fingerprint density at radius 2 is 2.16 bits per heavy atom. The third-order valence-electron chi connectivity index (χ3n) is 4.74. The Kier molecular flexibility index (Phi) is 4.62. The van der Waals surface area contributed by atoms with Crippen molar-refractivity contribution in [1.82, 2.24) is 14.9 Å². The molecule has 0 aliphatic carbocycles. The summed E-state index contributed by atoms with van der Waals surface area (Å²) in [7, 11) is 0. The molecule has 1 saturated heterocycles. The minimum absolute atomic E-state index is 0.0362. The van der Waals surface area contributed by atoms with Gasteiger partial charge in [0.15, 0.2) is 5.69 Å². The molecule has 1 atom stereocenters. The van der Waals surface area contributed by atoms with Gasteiger partial charge in [-0.3, -0.25) is 4.79 Å². The molecule has 4 heterocycles. The van der Waals surface area contributed by atoms with E-state index in [9.17, 15) is 4.79 Å². The number of morpholine rings is 1. The fourth-order valence-corrected chi connectivity index (χ4v) is 4.53. The standard InChI is InChI=1S/C17H19ClN4O2S/c1-11-15-12(3-9-25-15)2-4-22(11)16(23)14-13(18)10-19-17(20-14)21-5-7-24-8-6-21/h3,9-11H,2,4-8H2,1H3. The number of ether oxygens (including phenoxy) is 1. The summed E-state index contributed by atoms with van der Waals surface area (Å²) in [5, 5.41) is 2.38. The zero-order valence-electron chi connectivity index (χ0n) is 13.9. The van der Waals surface area contributed by atoms with Gasteiger partial charge in [-0.1, -0.05) is 11.6 Å². The highest BCUT2D eigenvalue weighted by atomic mass is 35.5. The molecule has 0 N–H and O–H groups in total. The van der Waals surface area contributed by atoms with E-state index in [0.717, 1.165) is 6.42 Å². The van der Waals surface area contributed by atoms with Crippen LogP contribution in [-0.4, -0.2) is 53.6 Å². The monoisotopic (exact) mass is 378 g/mol. The van der Waals surface area contributed by atoms with E-state index in [1.54, 1.807) is 11.3 Å². The number of carbonyl (C=O) groups is 1. The number of hydrogen-bond acceptors (Lipinski definition) is 6. The first-order chi connectivity index (χ1) is 12.1. The Morgan fingerprint density at radius 3 is 2.96 bits per heavy atom. The Labute approximate surface area is 155 Å². The number of hydrogen-bond donors (Lipinski definition) is 0. The third kappa shape index (κ3) is 3.12. The predicted molar refractivity (Wildman–Crippen MR) is 97.5 cm³/mol. The van der Waals surface area contributed by atoms with Crippen LogP contribution in [0.15, 0.2) is 17.6 Å². The molecular formula is C17H19ClN4O2S. The molecule has 4 rings (SSSR count). The SMILES string of the molecule is CC1c2sccc2CCN1C(=O)c1nc(N2CCOCC2)ncc1Cl. The number of anilines is 1. The summed E-state index contributed by atoms with van der Waals surface area (Å²) in [6.45, 7) is 5.45. The van der Waals surface area contributed by atoms with Crippen LogP contribution in [0.4, 0.5) is 5.95 Å². The number of aromatic nitrogens is 2. The van der Waals surface area contributed by atoms with Gasteiger partial charge in [-0.25, -0.2) is 9.97 Å². The van der Waals surface area contributed by atoms with E-state index < -0.39 is 0 Å². The lowest BCUT2D eigenvalue weighted by Gasteiger charge is -2.33. The van der Waals surface area contributed by atoms with Crippen LogP contribution in [0.1, 0.15) is 33.9 Å². The topological polar surface area (TPSA) is 58.6 Å². The number of carbonyl (C=O) groups excluding carboxylic acids is 1. The molecule has 0 saturated carbocycles. The maximum Gasteiger partial charge on any atom is 0.274 e. The summed E-state index contributed by atoms with van der Waals surface area (Å²) in [4.78, 5) is 27.0. The molecule has 2 aromatic heterocycles. The maximum absolute atomic E-state index is 13.1. The molecule has 6 nitrogen and oxygen atoms in total. The summed E-state index contributed by atoms with van der Waals surface area (Å²) >= 11 is 7.96. The summed E-state index contributed by atoms with van der Waals surface area (Å²) in [5.74, 6) is 0.408. The van der Waals surface area contributed by atoms with Crippen molar-refractivity contribution in [1.29, 1.82) is 0 Å². The molecule has 0 aromatic carbocycles. The number of amides is 1. The van der Waals surface area contributed by atoms with Gasteiger partial charge in [-0.15, -0.1) is 11.3 Å². The largest absolute Gasteiger partial charge is 0.378 e. The van der Waals surface area contributed by atoms with Crippen LogP contribution in [0.5, 0.6) is 0 Å². The molecule has 0 radical (unpaired) electrons. The summed E-state index contributed by atoms with van der Waals surface area (Å²) in [5.41, 5.74) is 1.62. The van der Waals surface area contributed by atoms with Crippen LogP contribution in [0.25, 0.3) is 0 Å². The van der Waals surface area contributed by atoms with E-state index in [1.807, 2.05) is 9.80 Å². The van der Waals surface area contributed by atoms with E-state index in [0.29, 0.717) is 43.8 Å². The van der Waals surface area contributed by atoms with Gasteiger partial charge < -0.3 is 14.5 Å². The van der Waals surface area contributed by atoms with Crippen LogP contribution in [0.3, 0.4) is 0 Å². The summed E-state index contributed by atoms with van der Waals surface area (Å²) in [6, 6.07) is 2.18. The first-order valence-corrected chi connectivity index (χ1v) is 9.63. The molecule has 2 aliphatic heterocycles. The van der Waals surface area contributed by atoms with Gasteiger partial charge in [0.05, 0.1) is 30.5 Å². The van der Waals surface area contributed by atoms with Crippen molar-refractivity contribution in [3.05, 3.63) is 38.8 Å². The van der Waals surface area contributed by atoms with Crippen LogP contribution in [-0.2, 0) is 11.2 Å². The molecule has 0 bridgehead atoms. The van der Waals surface area contributed by atoms with Gasteiger partial charge >= 0.3 is 0 Å². The molecule has 132 valence electrons. The molecule has 25 heavy (non-hydrogen) atoms. The first kappa shape index (κ1) is 16.8. The maximum atomic E-state index is 13.1. The van der Waals surface area contributed by atoms with E-state index in [4.69, 9.17) is 16.3 Å². The van der Waals surface area contributed by atoms with Crippen LogP contribution < -0.4 is 4.90 Å². The normalized spacial score (nSPS) is 20.5. The highest BCUT2D eigenvalue weighted by molar-refractivity contribution is 7.10. The highest BCUT2D eigenvalue weighted by Crippen LogP contribution is 2.34. The van der Waals surface area contributed by atoms with Gasteiger partial charge in [-0.05, 0) is 30.4 Å². The van der Waals surface area contributed by atoms with Crippen molar-refractivity contribution in [3.63, 3.8) is 0 Å². The Morgan fingerprint density at radius 1 is 1.36 bits per heavy atom. The summed E-state index contributed by atoms with van der Waals surface area (Å²) < 4.78 is 5.36. The van der Waals surface area contributed by atoms with Crippen molar-refractivity contribution in [3.8, 4) is 0 Å².